The molecule has 2 aromatic rings. The van der Waals surface area contributed by atoms with Crippen molar-refractivity contribution in [3.8, 4) is 6.07 Å². The average molecular weight is 444 g/mol. The van der Waals surface area contributed by atoms with Gasteiger partial charge in [-0.3, -0.25) is 9.59 Å². The van der Waals surface area contributed by atoms with Gasteiger partial charge in [-0.2, -0.15) is 5.26 Å². The minimum atomic E-state index is -0.396. The second-order valence-corrected chi connectivity index (χ2v) is 9.18. The fourth-order valence-electron chi connectivity index (χ4n) is 4.19. The van der Waals surface area contributed by atoms with Gasteiger partial charge in [-0.05, 0) is 49.9 Å². The summed E-state index contributed by atoms with van der Waals surface area (Å²) in [7, 11) is 0. The van der Waals surface area contributed by atoms with E-state index in [1.165, 1.54) is 11.8 Å². The lowest BCUT2D eigenvalue weighted by Crippen LogP contribution is -2.31. The number of dihydropyridines is 1. The molecule has 2 N–H and O–H groups in total. The predicted molar refractivity (Wildman–Crippen MR) is 128 cm³/mol. The number of hydrogen-bond acceptors (Lipinski definition) is 5. The Morgan fingerprint density at radius 1 is 1.16 bits per heavy atom. The Labute approximate surface area is 192 Å². The molecule has 1 heterocycles. The zero-order chi connectivity index (χ0) is 22.7. The van der Waals surface area contributed by atoms with Crippen LogP contribution in [0.25, 0.3) is 0 Å². The number of Topliss-reactive ketones (excluding diaryl/α,β-unsaturated/α-hetero) is 1. The van der Waals surface area contributed by atoms with Crippen LogP contribution in [0.3, 0.4) is 0 Å². The lowest BCUT2D eigenvalue weighted by molar-refractivity contribution is -0.116. The molecule has 4 rings (SSSR count). The summed E-state index contributed by atoms with van der Waals surface area (Å²) in [4.78, 5) is 25.4. The number of thioether (sulfide) groups is 1. The van der Waals surface area contributed by atoms with Crippen molar-refractivity contribution < 1.29 is 9.59 Å². The number of amides is 1. The maximum Gasteiger partial charge on any atom is 0.234 e. The van der Waals surface area contributed by atoms with Crippen molar-refractivity contribution in [3.63, 3.8) is 0 Å². The van der Waals surface area contributed by atoms with Crippen molar-refractivity contribution in [2.45, 2.75) is 39.0 Å². The molecular weight excluding hydrogens is 418 g/mol. The second kappa shape index (κ2) is 9.46. The first-order valence-electron chi connectivity index (χ1n) is 10.7. The number of nitrogens with one attached hydrogen (secondary N) is 2. The Bertz CT molecular complexity index is 1170. The molecule has 0 bridgehead atoms. The number of nitriles is 1. The van der Waals surface area contributed by atoms with Gasteiger partial charge in [-0.1, -0.05) is 53.7 Å². The van der Waals surface area contributed by atoms with Gasteiger partial charge in [0.2, 0.25) is 5.91 Å². The highest BCUT2D eigenvalue weighted by Gasteiger charge is 2.37. The minimum Gasteiger partial charge on any atom is -0.352 e. The fourth-order valence-corrected chi connectivity index (χ4v) is 5.05. The van der Waals surface area contributed by atoms with E-state index in [9.17, 15) is 14.9 Å². The van der Waals surface area contributed by atoms with Crippen molar-refractivity contribution in [1.29, 1.82) is 5.26 Å². The molecule has 2 aromatic carbocycles. The summed E-state index contributed by atoms with van der Waals surface area (Å²) < 4.78 is 0. The molecule has 1 atom stereocenters. The van der Waals surface area contributed by atoms with E-state index in [0.29, 0.717) is 22.6 Å². The van der Waals surface area contributed by atoms with E-state index in [1.54, 1.807) is 0 Å². The lowest BCUT2D eigenvalue weighted by Gasteiger charge is -2.33. The number of benzene rings is 2. The van der Waals surface area contributed by atoms with Crippen LogP contribution >= 0.6 is 11.8 Å². The normalized spacial score (nSPS) is 18.0. The topological polar surface area (TPSA) is 82.0 Å². The van der Waals surface area contributed by atoms with E-state index in [1.807, 2.05) is 62.4 Å². The average Bonchev–Trinajstić information content (AvgIpc) is 2.77. The molecular formula is C26H25N3O2S. The van der Waals surface area contributed by atoms with E-state index >= 15 is 0 Å². The number of nitrogens with zero attached hydrogens (tertiary/aromatic N) is 1. The van der Waals surface area contributed by atoms with Crippen molar-refractivity contribution in [1.82, 2.24) is 5.32 Å². The molecule has 0 radical (unpaired) electrons. The lowest BCUT2D eigenvalue weighted by atomic mass is 9.77. The van der Waals surface area contributed by atoms with Crippen LogP contribution in [0.15, 0.2) is 70.4 Å². The summed E-state index contributed by atoms with van der Waals surface area (Å²) in [6, 6.07) is 18.0. The summed E-state index contributed by atoms with van der Waals surface area (Å²) in [5.41, 5.74) is 5.95. The summed E-state index contributed by atoms with van der Waals surface area (Å²) in [6.45, 7) is 3.99. The molecule has 2 aliphatic rings. The Balaban J connectivity index is 1.61. The number of anilines is 1. The first kappa shape index (κ1) is 21.9. The summed E-state index contributed by atoms with van der Waals surface area (Å²) >= 11 is 1.31. The number of ketones is 1. The van der Waals surface area contributed by atoms with Crippen LogP contribution in [0.5, 0.6) is 0 Å². The van der Waals surface area contributed by atoms with Crippen LogP contribution in [-0.4, -0.2) is 17.4 Å². The van der Waals surface area contributed by atoms with E-state index in [0.717, 1.165) is 40.9 Å². The Hall–Kier alpha value is -3.30. The van der Waals surface area contributed by atoms with Crippen LogP contribution in [-0.2, 0) is 9.59 Å². The van der Waals surface area contributed by atoms with Crippen molar-refractivity contribution in [2.75, 3.05) is 11.1 Å². The zero-order valence-corrected chi connectivity index (χ0v) is 19.0. The fraction of sp³-hybridized carbons (Fsp3) is 0.269. The maximum absolute atomic E-state index is 12.8. The smallest absolute Gasteiger partial charge is 0.234 e. The van der Waals surface area contributed by atoms with Gasteiger partial charge in [-0.15, -0.1) is 0 Å². The van der Waals surface area contributed by atoms with Crippen LogP contribution in [0.2, 0.25) is 0 Å². The van der Waals surface area contributed by atoms with Gasteiger partial charge in [0.05, 0.1) is 28.3 Å². The Morgan fingerprint density at radius 2 is 1.94 bits per heavy atom. The molecule has 0 saturated carbocycles. The number of allylic oxidation sites excluding steroid dienone is 3. The first-order chi connectivity index (χ1) is 15.5. The van der Waals surface area contributed by atoms with Gasteiger partial charge >= 0.3 is 0 Å². The third-order valence-electron chi connectivity index (χ3n) is 5.72. The standard InChI is InChI=1S/C26H25N3O2S/c1-16-9-11-18(12-10-16)24-20(14-27)26(29-21-7-4-8-22(30)25(21)24)32-15-23(31)28-19-6-3-5-17(2)13-19/h3,5-6,9-13,24,29H,4,7-8,15H2,1-2H3,(H,28,31)/t24-/m1/s1. The highest BCUT2D eigenvalue weighted by Crippen LogP contribution is 2.44. The zero-order valence-electron chi connectivity index (χ0n) is 18.2. The highest BCUT2D eigenvalue weighted by atomic mass is 32.2. The van der Waals surface area contributed by atoms with E-state index in [2.05, 4.69) is 16.7 Å². The van der Waals surface area contributed by atoms with Crippen molar-refractivity contribution in [3.05, 3.63) is 87.1 Å². The molecule has 6 heteroatoms. The number of rotatable bonds is 5. The number of hydrogen-bond donors (Lipinski definition) is 2. The molecule has 0 spiro atoms. The molecule has 32 heavy (non-hydrogen) atoms. The van der Waals surface area contributed by atoms with Gasteiger partial charge in [0.15, 0.2) is 5.78 Å². The SMILES string of the molecule is Cc1ccc([C@@H]2C(C#N)=C(SCC(=O)Nc3cccc(C)c3)NC3=C2C(=O)CCC3)cc1. The van der Waals surface area contributed by atoms with Crippen LogP contribution in [0, 0.1) is 25.2 Å². The summed E-state index contributed by atoms with van der Waals surface area (Å²) in [6.07, 6.45) is 2.06. The number of aryl methyl sites for hydroxylation is 2. The number of carbonyl (C=O) groups excluding carboxylic acids is 2. The predicted octanol–water partition coefficient (Wildman–Crippen LogP) is 5.10. The molecule has 5 nitrogen and oxygen atoms in total. The molecule has 0 saturated heterocycles. The van der Waals surface area contributed by atoms with Crippen LogP contribution < -0.4 is 10.6 Å². The molecule has 1 aliphatic carbocycles. The minimum absolute atomic E-state index is 0.0957. The first-order valence-corrected chi connectivity index (χ1v) is 11.7. The third-order valence-corrected chi connectivity index (χ3v) is 6.74. The van der Waals surface area contributed by atoms with Crippen molar-refractivity contribution in [2.24, 2.45) is 0 Å². The van der Waals surface area contributed by atoms with Gasteiger partial charge in [0.25, 0.3) is 0 Å². The quantitative estimate of drug-likeness (QED) is 0.671. The molecule has 0 aromatic heterocycles. The largest absolute Gasteiger partial charge is 0.352 e. The second-order valence-electron chi connectivity index (χ2n) is 8.20. The van der Waals surface area contributed by atoms with Gasteiger partial charge < -0.3 is 10.6 Å². The van der Waals surface area contributed by atoms with E-state index in [-0.39, 0.29) is 17.4 Å². The molecule has 0 unspecified atom stereocenters. The van der Waals surface area contributed by atoms with E-state index in [4.69, 9.17) is 0 Å². The number of carbonyl (C=O) groups is 2. The molecule has 162 valence electrons. The maximum atomic E-state index is 12.8. The van der Waals surface area contributed by atoms with E-state index < -0.39 is 5.92 Å². The highest BCUT2D eigenvalue weighted by molar-refractivity contribution is 8.03. The van der Waals surface area contributed by atoms with Crippen molar-refractivity contribution >= 4 is 29.1 Å². The summed E-state index contributed by atoms with van der Waals surface area (Å²) in [5, 5.41) is 17.0. The monoisotopic (exact) mass is 443 g/mol. The van der Waals surface area contributed by atoms with Gasteiger partial charge in [-0.25, -0.2) is 0 Å². The molecule has 1 aliphatic heterocycles. The summed E-state index contributed by atoms with van der Waals surface area (Å²) in [5.74, 6) is -0.276. The van der Waals surface area contributed by atoms with Gasteiger partial charge in [0, 0.05) is 23.4 Å². The van der Waals surface area contributed by atoms with Crippen LogP contribution in [0.4, 0.5) is 5.69 Å². The Kier molecular flexibility index (Phi) is 6.48. The molecule has 0 fully saturated rings. The third kappa shape index (κ3) is 4.63. The van der Waals surface area contributed by atoms with Crippen LogP contribution in [0.1, 0.15) is 41.9 Å². The molecule has 1 amide bonds. The Morgan fingerprint density at radius 3 is 2.66 bits per heavy atom. The van der Waals surface area contributed by atoms with Gasteiger partial charge in [0.1, 0.15) is 0 Å².